The minimum atomic E-state index is -1.73. The number of hydrogen-bond donors (Lipinski definition) is 4. The number of aryl methyl sites for hydroxylation is 2. The first kappa shape index (κ1) is 18.3. The van der Waals surface area contributed by atoms with Crippen molar-refractivity contribution in [2.45, 2.75) is 38.3 Å². The van der Waals surface area contributed by atoms with Crippen molar-refractivity contribution >= 4 is 7.32 Å². The maximum atomic E-state index is 9.29. The molecule has 0 radical (unpaired) electrons. The van der Waals surface area contributed by atoms with Crippen LogP contribution in [-0.2, 0) is 17.6 Å². The molecule has 2 rings (SSSR count). The standard InChI is InChI=1S/C14H22BN5O4/c16-13(3-1-2-10-24-15(22)23)14-17-18-19-20(14)9-8-11-4-6-12(21)7-5-11/h4-7,13,21-23H,1-3,8-10,16H2. The lowest BCUT2D eigenvalue weighted by Gasteiger charge is -2.12. The fourth-order valence-electron chi connectivity index (χ4n) is 2.32. The van der Waals surface area contributed by atoms with Crippen molar-refractivity contribution in [2.24, 2.45) is 5.73 Å². The van der Waals surface area contributed by atoms with Gasteiger partial charge in [-0.05, 0) is 53.8 Å². The van der Waals surface area contributed by atoms with Gasteiger partial charge in [0.2, 0.25) is 0 Å². The first-order chi connectivity index (χ1) is 11.6. The van der Waals surface area contributed by atoms with Crippen LogP contribution in [0, 0.1) is 0 Å². The van der Waals surface area contributed by atoms with E-state index in [9.17, 15) is 5.11 Å². The molecule has 0 aliphatic heterocycles. The third-order valence-corrected chi connectivity index (χ3v) is 3.62. The number of tetrazole rings is 1. The van der Waals surface area contributed by atoms with Crippen LogP contribution in [0.15, 0.2) is 24.3 Å². The van der Waals surface area contributed by atoms with Gasteiger partial charge in [0.25, 0.3) is 0 Å². The van der Waals surface area contributed by atoms with E-state index in [1.54, 1.807) is 16.8 Å². The van der Waals surface area contributed by atoms with Gasteiger partial charge in [0, 0.05) is 13.2 Å². The van der Waals surface area contributed by atoms with Crippen LogP contribution in [0.1, 0.15) is 36.7 Å². The number of phenols is 1. The van der Waals surface area contributed by atoms with Crippen LogP contribution in [0.5, 0.6) is 5.75 Å². The Hall–Kier alpha value is -2.01. The number of aromatic hydroxyl groups is 1. The van der Waals surface area contributed by atoms with Crippen molar-refractivity contribution in [1.82, 2.24) is 20.2 Å². The van der Waals surface area contributed by atoms with Crippen molar-refractivity contribution in [3.63, 3.8) is 0 Å². The van der Waals surface area contributed by atoms with Crippen molar-refractivity contribution in [1.29, 1.82) is 0 Å². The lowest BCUT2D eigenvalue weighted by atomic mass is 10.1. The Bertz CT molecular complexity index is 607. The molecule has 2 aromatic rings. The number of aromatic nitrogens is 4. The molecule has 0 saturated carbocycles. The highest BCUT2D eigenvalue weighted by Gasteiger charge is 2.15. The van der Waals surface area contributed by atoms with Gasteiger partial charge in [-0.2, -0.15) is 0 Å². The summed E-state index contributed by atoms with van der Waals surface area (Å²) in [7, 11) is -1.73. The first-order valence-electron chi connectivity index (χ1n) is 7.83. The zero-order valence-electron chi connectivity index (χ0n) is 13.3. The Kier molecular flexibility index (Phi) is 7.13. The van der Waals surface area contributed by atoms with Crippen molar-refractivity contribution in [2.75, 3.05) is 6.61 Å². The molecule has 24 heavy (non-hydrogen) atoms. The minimum Gasteiger partial charge on any atom is -0.508 e. The molecular weight excluding hydrogens is 313 g/mol. The molecule has 0 spiro atoms. The van der Waals surface area contributed by atoms with Gasteiger partial charge in [0.05, 0.1) is 6.04 Å². The number of nitrogens with zero attached hydrogens (tertiary/aromatic N) is 4. The van der Waals surface area contributed by atoms with Gasteiger partial charge in [-0.3, -0.25) is 0 Å². The normalized spacial score (nSPS) is 12.3. The molecule has 0 aliphatic carbocycles. The summed E-state index contributed by atoms with van der Waals surface area (Å²) >= 11 is 0. The van der Waals surface area contributed by atoms with Gasteiger partial charge < -0.3 is 25.5 Å². The SMILES string of the molecule is NC(CCCCOB(O)O)c1nnnn1CCc1ccc(O)cc1. The highest BCUT2D eigenvalue weighted by Crippen LogP contribution is 2.15. The number of phenolic OH excluding ortho intramolecular Hbond substituents is 1. The van der Waals surface area contributed by atoms with Gasteiger partial charge in [-0.1, -0.05) is 12.1 Å². The Balaban J connectivity index is 1.79. The van der Waals surface area contributed by atoms with E-state index in [1.165, 1.54) is 0 Å². The second-order valence-corrected chi connectivity index (χ2v) is 5.48. The highest BCUT2D eigenvalue weighted by atomic mass is 16.6. The third-order valence-electron chi connectivity index (χ3n) is 3.62. The second kappa shape index (κ2) is 9.33. The summed E-state index contributed by atoms with van der Waals surface area (Å²) in [5.74, 6) is 0.860. The average molecular weight is 335 g/mol. The van der Waals surface area contributed by atoms with E-state index >= 15 is 0 Å². The molecule has 10 heteroatoms. The summed E-state index contributed by atoms with van der Waals surface area (Å²) in [6.45, 7) is 0.858. The van der Waals surface area contributed by atoms with Crippen LogP contribution in [-0.4, -0.2) is 49.3 Å². The summed E-state index contributed by atoms with van der Waals surface area (Å²) in [6.07, 6.45) is 2.83. The van der Waals surface area contributed by atoms with E-state index in [-0.39, 0.29) is 18.4 Å². The van der Waals surface area contributed by atoms with Crippen molar-refractivity contribution in [3.8, 4) is 5.75 Å². The van der Waals surface area contributed by atoms with Crippen LogP contribution >= 0.6 is 0 Å². The number of hydrogen-bond acceptors (Lipinski definition) is 8. The van der Waals surface area contributed by atoms with E-state index in [4.69, 9.17) is 15.8 Å². The Morgan fingerprint density at radius 1 is 1.21 bits per heavy atom. The first-order valence-corrected chi connectivity index (χ1v) is 7.83. The third kappa shape index (κ3) is 5.89. The Labute approximate surface area is 140 Å². The van der Waals surface area contributed by atoms with E-state index < -0.39 is 7.32 Å². The maximum Gasteiger partial charge on any atom is 0.633 e. The maximum absolute atomic E-state index is 9.29. The molecule has 130 valence electrons. The quantitative estimate of drug-likeness (QED) is 0.345. The van der Waals surface area contributed by atoms with Gasteiger partial charge >= 0.3 is 7.32 Å². The zero-order valence-corrected chi connectivity index (χ0v) is 13.3. The molecule has 1 aromatic carbocycles. The fourth-order valence-corrected chi connectivity index (χ4v) is 2.32. The summed E-state index contributed by atoms with van der Waals surface area (Å²) < 4.78 is 6.33. The van der Waals surface area contributed by atoms with Crippen LogP contribution in [0.4, 0.5) is 0 Å². The predicted molar refractivity (Wildman–Crippen MR) is 86.6 cm³/mol. The van der Waals surface area contributed by atoms with Gasteiger partial charge in [-0.25, -0.2) is 4.68 Å². The number of rotatable bonds is 10. The van der Waals surface area contributed by atoms with Crippen molar-refractivity contribution in [3.05, 3.63) is 35.7 Å². The molecule has 1 aromatic heterocycles. The van der Waals surface area contributed by atoms with Crippen molar-refractivity contribution < 1.29 is 19.8 Å². The van der Waals surface area contributed by atoms with E-state index in [0.717, 1.165) is 18.4 Å². The van der Waals surface area contributed by atoms with Gasteiger partial charge in [0.15, 0.2) is 5.82 Å². The molecule has 5 N–H and O–H groups in total. The summed E-state index contributed by atoms with van der Waals surface area (Å²) in [4.78, 5) is 0. The average Bonchev–Trinajstić information content (AvgIpc) is 3.02. The molecule has 0 aliphatic rings. The summed E-state index contributed by atoms with van der Waals surface area (Å²) in [6, 6.07) is 6.71. The van der Waals surface area contributed by atoms with Crippen LogP contribution in [0.2, 0.25) is 0 Å². The van der Waals surface area contributed by atoms with E-state index in [0.29, 0.717) is 25.2 Å². The van der Waals surface area contributed by atoms with Crippen LogP contribution in [0.3, 0.4) is 0 Å². The van der Waals surface area contributed by atoms with Crippen LogP contribution in [0.25, 0.3) is 0 Å². The lowest BCUT2D eigenvalue weighted by Crippen LogP contribution is -2.19. The number of unbranched alkanes of at least 4 members (excludes halogenated alkanes) is 1. The molecule has 0 amide bonds. The number of nitrogens with two attached hydrogens (primary N) is 1. The molecule has 1 heterocycles. The van der Waals surface area contributed by atoms with E-state index in [2.05, 4.69) is 20.2 Å². The Morgan fingerprint density at radius 3 is 2.67 bits per heavy atom. The molecule has 1 atom stereocenters. The monoisotopic (exact) mass is 335 g/mol. The second-order valence-electron chi connectivity index (χ2n) is 5.48. The summed E-state index contributed by atoms with van der Waals surface area (Å²) in [5.41, 5.74) is 7.21. The largest absolute Gasteiger partial charge is 0.633 e. The molecule has 1 unspecified atom stereocenters. The molecule has 0 saturated heterocycles. The molecular formula is C14H22BN5O4. The zero-order chi connectivity index (χ0) is 17.4. The number of benzene rings is 1. The lowest BCUT2D eigenvalue weighted by molar-refractivity contribution is 0.181. The van der Waals surface area contributed by atoms with E-state index in [1.807, 2.05) is 12.1 Å². The van der Waals surface area contributed by atoms with Crippen LogP contribution < -0.4 is 5.73 Å². The highest BCUT2D eigenvalue weighted by molar-refractivity contribution is 6.32. The van der Waals surface area contributed by atoms with Gasteiger partial charge in [-0.15, -0.1) is 5.10 Å². The Morgan fingerprint density at radius 2 is 1.96 bits per heavy atom. The molecule has 0 fully saturated rings. The summed E-state index contributed by atoms with van der Waals surface area (Å²) in [5, 5.41) is 38.1. The smallest absolute Gasteiger partial charge is 0.508 e. The van der Waals surface area contributed by atoms with Gasteiger partial charge in [0.1, 0.15) is 5.75 Å². The minimum absolute atomic E-state index is 0.238. The fraction of sp³-hybridized carbons (Fsp3) is 0.500. The topological polar surface area (TPSA) is 140 Å². The molecule has 0 bridgehead atoms. The predicted octanol–water partition coefficient (Wildman–Crippen LogP) is -0.222. The molecule has 9 nitrogen and oxygen atoms in total.